The summed E-state index contributed by atoms with van der Waals surface area (Å²) < 4.78 is 0. The Morgan fingerprint density at radius 3 is 2.44 bits per heavy atom. The molecule has 0 aliphatic carbocycles. The van der Waals surface area contributed by atoms with E-state index in [-0.39, 0.29) is 0 Å². The fraction of sp³-hybridized carbons (Fsp3) is 0.357. The van der Waals surface area contributed by atoms with Crippen molar-refractivity contribution >= 4 is 12.4 Å². The summed E-state index contributed by atoms with van der Waals surface area (Å²) in [4.78, 5) is 8.58. The Kier molecular flexibility index (Phi) is 3.76. The van der Waals surface area contributed by atoms with E-state index in [1.54, 1.807) is 12.4 Å². The minimum atomic E-state index is 0.496. The first-order valence-electron chi connectivity index (χ1n) is 5.87. The van der Waals surface area contributed by atoms with Gasteiger partial charge in [0.2, 0.25) is 6.17 Å². The fourth-order valence-corrected chi connectivity index (χ4v) is 1.96. The van der Waals surface area contributed by atoms with Crippen LogP contribution in [0.3, 0.4) is 0 Å². The molecule has 0 saturated carbocycles. The van der Waals surface area contributed by atoms with Crippen molar-refractivity contribution in [1.29, 1.82) is 0 Å². The van der Waals surface area contributed by atoms with Crippen LogP contribution in [-0.4, -0.2) is 12.4 Å². The average Bonchev–Trinajstić information content (AvgIpc) is 2.85. The third-order valence-electron chi connectivity index (χ3n) is 2.96. The van der Waals surface area contributed by atoms with Crippen molar-refractivity contribution in [3.05, 3.63) is 42.1 Å². The van der Waals surface area contributed by atoms with Crippen LogP contribution < -0.4 is 0 Å². The minimum Gasteiger partial charge on any atom is -0.0965 e. The van der Waals surface area contributed by atoms with E-state index in [4.69, 9.17) is 0 Å². The summed E-state index contributed by atoms with van der Waals surface area (Å²) in [7, 11) is 0. The van der Waals surface area contributed by atoms with Crippen molar-refractivity contribution in [3.8, 4) is 0 Å². The third-order valence-corrected chi connectivity index (χ3v) is 2.96. The van der Waals surface area contributed by atoms with Gasteiger partial charge in [-0.3, -0.25) is 0 Å². The van der Waals surface area contributed by atoms with Gasteiger partial charge in [0.1, 0.15) is 0 Å². The first-order chi connectivity index (χ1) is 7.90. The van der Waals surface area contributed by atoms with Crippen LogP contribution in [0.2, 0.25) is 0 Å². The number of hydrogen-bond donors (Lipinski definition) is 0. The number of nitrogens with zero attached hydrogens (tertiary/aromatic N) is 2. The lowest BCUT2D eigenvalue weighted by Gasteiger charge is -2.11. The van der Waals surface area contributed by atoms with E-state index in [1.165, 1.54) is 5.56 Å². The molecule has 0 N–H and O–H groups in total. The summed E-state index contributed by atoms with van der Waals surface area (Å²) in [5, 5.41) is 0. The van der Waals surface area contributed by atoms with Gasteiger partial charge in [0.15, 0.2) is 12.4 Å². The largest absolute Gasteiger partial charge is 0.243 e. The highest BCUT2D eigenvalue weighted by Crippen LogP contribution is 2.27. The van der Waals surface area contributed by atoms with Crippen molar-refractivity contribution in [1.82, 2.24) is 0 Å². The van der Waals surface area contributed by atoms with Gasteiger partial charge in [-0.15, -0.1) is 0 Å². The fourth-order valence-electron chi connectivity index (χ4n) is 1.96. The van der Waals surface area contributed by atoms with Gasteiger partial charge in [0.25, 0.3) is 0 Å². The molecule has 0 aromatic heterocycles. The zero-order chi connectivity index (χ0) is 11.2. The lowest BCUT2D eigenvalue weighted by Crippen LogP contribution is -2.08. The standard InChI is InChI=1S/C14H17N2/c1-2-13(14-15-10-11-16-14)9-8-12-6-4-3-5-7-12/h3-7,10-11,13H,2,8-9H2,1H3/q+1. The van der Waals surface area contributed by atoms with Crippen molar-refractivity contribution in [3.63, 3.8) is 0 Å². The van der Waals surface area contributed by atoms with Gasteiger partial charge >= 0.3 is 0 Å². The molecule has 0 bridgehead atoms. The van der Waals surface area contributed by atoms with Gasteiger partial charge in [-0.1, -0.05) is 47.2 Å². The molecule has 2 heteroatoms. The van der Waals surface area contributed by atoms with Crippen molar-refractivity contribution in [2.45, 2.75) is 26.2 Å². The topological polar surface area (TPSA) is 24.7 Å². The summed E-state index contributed by atoms with van der Waals surface area (Å²) in [6.45, 7) is 2.20. The maximum atomic E-state index is 4.29. The second-order valence-corrected chi connectivity index (χ2v) is 4.04. The van der Waals surface area contributed by atoms with Gasteiger partial charge in [0.05, 0.1) is 5.92 Å². The van der Waals surface area contributed by atoms with Gasteiger partial charge in [-0.2, -0.15) is 0 Å². The van der Waals surface area contributed by atoms with E-state index in [0.29, 0.717) is 5.92 Å². The second kappa shape index (κ2) is 5.50. The molecule has 1 atom stereocenters. The highest BCUT2D eigenvalue weighted by molar-refractivity contribution is 6.18. The van der Waals surface area contributed by atoms with Gasteiger partial charge in [0, 0.05) is 0 Å². The molecule has 1 aliphatic heterocycles. The predicted molar refractivity (Wildman–Crippen MR) is 68.8 cm³/mol. The van der Waals surface area contributed by atoms with Crippen molar-refractivity contribution in [2.24, 2.45) is 15.9 Å². The molecule has 0 fully saturated rings. The van der Waals surface area contributed by atoms with Crippen LogP contribution in [0.15, 0.2) is 40.3 Å². The Morgan fingerprint density at radius 2 is 1.81 bits per heavy atom. The number of benzene rings is 1. The molecule has 0 spiro atoms. The van der Waals surface area contributed by atoms with Gasteiger partial charge in [-0.25, -0.2) is 0 Å². The smallest absolute Gasteiger partial charge is 0.0965 e. The van der Waals surface area contributed by atoms with Crippen LogP contribution in [0.5, 0.6) is 0 Å². The Labute approximate surface area is 97.1 Å². The zero-order valence-corrected chi connectivity index (χ0v) is 9.63. The van der Waals surface area contributed by atoms with Crippen LogP contribution in [0.25, 0.3) is 0 Å². The highest BCUT2D eigenvalue weighted by Gasteiger charge is 2.26. The van der Waals surface area contributed by atoms with Crippen LogP contribution in [0, 0.1) is 12.1 Å². The van der Waals surface area contributed by atoms with E-state index in [2.05, 4.69) is 47.2 Å². The minimum absolute atomic E-state index is 0.496. The summed E-state index contributed by atoms with van der Waals surface area (Å²) >= 11 is 0. The molecule has 1 aromatic carbocycles. The number of rotatable bonds is 5. The van der Waals surface area contributed by atoms with Crippen molar-refractivity contribution in [2.75, 3.05) is 0 Å². The molecule has 1 unspecified atom stereocenters. The van der Waals surface area contributed by atoms with Crippen LogP contribution in [-0.2, 0) is 6.42 Å². The average molecular weight is 213 g/mol. The second-order valence-electron chi connectivity index (χ2n) is 4.04. The Hall–Kier alpha value is -1.57. The molecule has 0 amide bonds. The van der Waals surface area contributed by atoms with Crippen LogP contribution in [0.4, 0.5) is 0 Å². The number of aliphatic imine (C=N–C) groups is 2. The first-order valence-corrected chi connectivity index (χ1v) is 5.87. The SMILES string of the molecule is CCC(CCc1ccccc1)[C+]1N=CC=N1. The zero-order valence-electron chi connectivity index (χ0n) is 9.63. The normalized spacial score (nSPS) is 15.7. The molecule has 0 saturated heterocycles. The maximum absolute atomic E-state index is 4.29. The van der Waals surface area contributed by atoms with E-state index >= 15 is 0 Å². The molecule has 2 nitrogen and oxygen atoms in total. The molecular weight excluding hydrogens is 196 g/mol. The monoisotopic (exact) mass is 213 g/mol. The molecule has 82 valence electrons. The van der Waals surface area contributed by atoms with Gasteiger partial charge in [-0.05, 0) is 24.8 Å². The lowest BCUT2D eigenvalue weighted by molar-refractivity contribution is 0.479. The number of aryl methyl sites for hydroxylation is 1. The first kappa shape index (κ1) is 10.9. The highest BCUT2D eigenvalue weighted by atomic mass is 15.0. The Bertz CT molecular complexity index is 356. The lowest BCUT2D eigenvalue weighted by atomic mass is 9.95. The van der Waals surface area contributed by atoms with Gasteiger partial charge < -0.3 is 0 Å². The van der Waals surface area contributed by atoms with Crippen LogP contribution >= 0.6 is 0 Å². The molecule has 16 heavy (non-hydrogen) atoms. The van der Waals surface area contributed by atoms with E-state index in [1.807, 2.05) is 0 Å². The molecular formula is C14H17N2+. The summed E-state index contributed by atoms with van der Waals surface area (Å²) in [5.41, 5.74) is 1.40. The Morgan fingerprint density at radius 1 is 1.12 bits per heavy atom. The maximum Gasteiger partial charge on any atom is 0.243 e. The quantitative estimate of drug-likeness (QED) is 0.670. The summed E-state index contributed by atoms with van der Waals surface area (Å²) in [6, 6.07) is 10.6. The summed E-state index contributed by atoms with van der Waals surface area (Å²) in [5.74, 6) is 0.496. The van der Waals surface area contributed by atoms with Crippen molar-refractivity contribution < 1.29 is 0 Å². The predicted octanol–water partition coefficient (Wildman–Crippen LogP) is 3.29. The molecule has 1 aromatic rings. The Balaban J connectivity index is 1.88. The molecule has 0 radical (unpaired) electrons. The third kappa shape index (κ3) is 2.72. The summed E-state index contributed by atoms with van der Waals surface area (Å²) in [6.07, 6.45) is 7.90. The van der Waals surface area contributed by atoms with E-state index < -0.39 is 0 Å². The number of hydrogen-bond acceptors (Lipinski definition) is 2. The van der Waals surface area contributed by atoms with E-state index in [0.717, 1.165) is 25.4 Å². The molecule has 1 aliphatic rings. The molecule has 2 rings (SSSR count). The van der Waals surface area contributed by atoms with Crippen LogP contribution in [0.1, 0.15) is 25.3 Å². The molecule has 1 heterocycles. The van der Waals surface area contributed by atoms with E-state index in [9.17, 15) is 0 Å².